The molecular weight excluding hydrogens is 530 g/mol. The van der Waals surface area contributed by atoms with Gasteiger partial charge in [-0.2, -0.15) is 0 Å². The van der Waals surface area contributed by atoms with E-state index in [0.717, 1.165) is 16.9 Å². The molecular formula is C24H31N7O7S. The van der Waals surface area contributed by atoms with Gasteiger partial charge in [0.1, 0.15) is 4.88 Å². The summed E-state index contributed by atoms with van der Waals surface area (Å²) in [4.78, 5) is 65.3. The van der Waals surface area contributed by atoms with Crippen molar-refractivity contribution in [2.45, 2.75) is 38.9 Å². The molecule has 0 spiro atoms. The number of aryl methyl sites for hydroxylation is 2. The summed E-state index contributed by atoms with van der Waals surface area (Å²) in [6, 6.07) is 6.91. The fraction of sp³-hybridized carbons (Fsp3) is 0.417. The normalized spacial score (nSPS) is 13.5. The minimum Gasteiger partial charge on any atom is -0.465 e. The number of thiazole rings is 1. The van der Waals surface area contributed by atoms with Crippen molar-refractivity contribution in [1.82, 2.24) is 25.8 Å². The van der Waals surface area contributed by atoms with Crippen molar-refractivity contribution in [2.24, 2.45) is 5.92 Å². The van der Waals surface area contributed by atoms with E-state index in [1.807, 2.05) is 10.6 Å². The molecule has 1 aliphatic heterocycles. The monoisotopic (exact) mass is 561 g/mol. The standard InChI is InChI=1S/C24H31N7O7S/c1-13(32)26-22-28-17(18(39-22)20(34)31-11-9-15(10-12-31)19(33)25-2)8-5-14-3-6-16(7-4-14)27-21(29-23(35)36)30-24(37)38/h3-4,6-7,15,21,27,29-30H,5,8-12H2,1-2H3,(H,25,33)(H,35,36)(H,37,38)(H,26,28,32). The number of carbonyl (C=O) groups is 5. The van der Waals surface area contributed by atoms with Gasteiger partial charge in [-0.05, 0) is 43.4 Å². The molecule has 0 radical (unpaired) electrons. The van der Waals surface area contributed by atoms with Crippen LogP contribution in [0, 0.1) is 5.92 Å². The zero-order valence-electron chi connectivity index (χ0n) is 21.4. The van der Waals surface area contributed by atoms with Crippen LogP contribution in [0.5, 0.6) is 0 Å². The number of anilines is 2. The van der Waals surface area contributed by atoms with E-state index in [1.54, 1.807) is 36.2 Å². The number of hydrogen-bond donors (Lipinski definition) is 7. The Kier molecular flexibility index (Phi) is 10.0. The van der Waals surface area contributed by atoms with Crippen LogP contribution in [0.1, 0.15) is 40.7 Å². The first-order chi connectivity index (χ1) is 18.5. The molecule has 2 aromatic rings. The molecule has 7 N–H and O–H groups in total. The number of nitrogens with zero attached hydrogens (tertiary/aromatic N) is 2. The Morgan fingerprint density at radius 1 is 1.03 bits per heavy atom. The first-order valence-electron chi connectivity index (χ1n) is 12.2. The quantitative estimate of drug-likeness (QED) is 0.211. The number of carbonyl (C=O) groups excluding carboxylic acids is 3. The zero-order chi connectivity index (χ0) is 28.5. The lowest BCUT2D eigenvalue weighted by molar-refractivity contribution is -0.125. The Hall–Kier alpha value is -4.40. The summed E-state index contributed by atoms with van der Waals surface area (Å²) in [7, 11) is 1.60. The van der Waals surface area contributed by atoms with Crippen LogP contribution in [-0.2, 0) is 22.4 Å². The number of nitrogens with one attached hydrogen (secondary N) is 5. The SMILES string of the molecule is CNC(=O)C1CCN(C(=O)c2sc(NC(C)=O)nc2CCc2ccc(NC(NC(=O)O)NC(=O)O)cc2)CC1. The average molecular weight is 562 g/mol. The molecule has 0 atom stereocenters. The van der Waals surface area contributed by atoms with Crippen LogP contribution in [0.3, 0.4) is 0 Å². The van der Waals surface area contributed by atoms with Crippen molar-refractivity contribution in [2.75, 3.05) is 30.8 Å². The largest absolute Gasteiger partial charge is 0.465 e. The third-order valence-corrected chi connectivity index (χ3v) is 7.03. The summed E-state index contributed by atoms with van der Waals surface area (Å²) in [5, 5.41) is 30.1. The topological polar surface area (TPSA) is 202 Å². The van der Waals surface area contributed by atoms with Crippen molar-refractivity contribution in [3.8, 4) is 0 Å². The van der Waals surface area contributed by atoms with E-state index in [0.29, 0.717) is 60.2 Å². The number of amides is 5. The van der Waals surface area contributed by atoms with Gasteiger partial charge in [0.2, 0.25) is 11.8 Å². The minimum atomic E-state index is -1.40. The molecule has 0 saturated carbocycles. The molecule has 3 rings (SSSR count). The van der Waals surface area contributed by atoms with Gasteiger partial charge in [-0.3, -0.25) is 25.0 Å². The predicted octanol–water partition coefficient (Wildman–Crippen LogP) is 1.72. The first kappa shape index (κ1) is 29.2. The Bertz CT molecular complexity index is 1190. The number of aromatic nitrogens is 1. The van der Waals surface area contributed by atoms with E-state index in [4.69, 9.17) is 10.2 Å². The zero-order valence-corrected chi connectivity index (χ0v) is 22.3. The molecule has 15 heteroatoms. The van der Waals surface area contributed by atoms with E-state index >= 15 is 0 Å². The highest BCUT2D eigenvalue weighted by atomic mass is 32.1. The smallest absolute Gasteiger partial charge is 0.407 e. The van der Waals surface area contributed by atoms with E-state index in [9.17, 15) is 24.0 Å². The molecule has 1 aromatic carbocycles. The summed E-state index contributed by atoms with van der Waals surface area (Å²) in [5.74, 6) is -0.627. The maximum Gasteiger partial charge on any atom is 0.407 e. The fourth-order valence-corrected chi connectivity index (χ4v) is 5.16. The Balaban J connectivity index is 1.68. The lowest BCUT2D eigenvalue weighted by atomic mass is 9.96. The Morgan fingerprint density at radius 3 is 2.18 bits per heavy atom. The number of carboxylic acid groups (broad SMARTS) is 2. The third-order valence-electron chi connectivity index (χ3n) is 6.02. The maximum atomic E-state index is 13.4. The lowest BCUT2D eigenvalue weighted by Crippen LogP contribution is -2.52. The van der Waals surface area contributed by atoms with Crippen molar-refractivity contribution >= 4 is 52.1 Å². The summed E-state index contributed by atoms with van der Waals surface area (Å²) in [6.07, 6.45) is -1.97. The number of piperidine rings is 1. The van der Waals surface area contributed by atoms with Crippen molar-refractivity contribution in [1.29, 1.82) is 0 Å². The number of rotatable bonds is 10. The van der Waals surface area contributed by atoms with Crippen molar-refractivity contribution < 1.29 is 34.2 Å². The fourth-order valence-electron chi connectivity index (χ4n) is 4.14. The number of likely N-dealkylation sites (tertiary alicyclic amines) is 1. The predicted molar refractivity (Wildman–Crippen MR) is 143 cm³/mol. The molecule has 0 aliphatic carbocycles. The van der Waals surface area contributed by atoms with Crippen molar-refractivity contribution in [3.05, 3.63) is 40.4 Å². The molecule has 1 saturated heterocycles. The van der Waals surface area contributed by atoms with Crippen molar-refractivity contribution in [3.63, 3.8) is 0 Å². The minimum absolute atomic E-state index is 0.0263. The van der Waals surface area contributed by atoms with Crippen LogP contribution < -0.4 is 26.6 Å². The van der Waals surface area contributed by atoms with Crippen LogP contribution in [0.2, 0.25) is 0 Å². The summed E-state index contributed by atoms with van der Waals surface area (Å²) < 4.78 is 0. The summed E-state index contributed by atoms with van der Waals surface area (Å²) >= 11 is 1.12. The first-order valence-corrected chi connectivity index (χ1v) is 13.0. The van der Waals surface area contributed by atoms with E-state index < -0.39 is 18.5 Å². The molecule has 5 amide bonds. The molecule has 39 heavy (non-hydrogen) atoms. The van der Waals surface area contributed by atoms with E-state index in [-0.39, 0.29) is 23.6 Å². The van der Waals surface area contributed by atoms with Crippen LogP contribution in [0.15, 0.2) is 24.3 Å². The van der Waals surface area contributed by atoms with Crippen LogP contribution in [0.4, 0.5) is 20.4 Å². The van der Waals surface area contributed by atoms with Gasteiger partial charge >= 0.3 is 12.2 Å². The molecule has 2 heterocycles. The van der Waals surface area contributed by atoms with Crippen LogP contribution in [0.25, 0.3) is 0 Å². The van der Waals surface area contributed by atoms with Gasteiger partial charge in [0.05, 0.1) is 5.69 Å². The lowest BCUT2D eigenvalue weighted by Gasteiger charge is -2.31. The highest BCUT2D eigenvalue weighted by Gasteiger charge is 2.30. The molecule has 14 nitrogen and oxygen atoms in total. The average Bonchev–Trinajstić information content (AvgIpc) is 3.28. The van der Waals surface area contributed by atoms with E-state index in [1.165, 1.54) is 6.92 Å². The Morgan fingerprint density at radius 2 is 1.64 bits per heavy atom. The van der Waals surface area contributed by atoms with Gasteiger partial charge in [-0.25, -0.2) is 14.6 Å². The highest BCUT2D eigenvalue weighted by Crippen LogP contribution is 2.28. The molecule has 210 valence electrons. The van der Waals surface area contributed by atoms with Gasteiger partial charge in [0.15, 0.2) is 11.4 Å². The summed E-state index contributed by atoms with van der Waals surface area (Å²) in [6.45, 7) is 2.27. The van der Waals surface area contributed by atoms with Crippen LogP contribution in [-0.4, -0.2) is 76.4 Å². The molecule has 0 unspecified atom stereocenters. The molecule has 1 aromatic heterocycles. The molecule has 1 fully saturated rings. The highest BCUT2D eigenvalue weighted by molar-refractivity contribution is 7.17. The number of benzene rings is 1. The second-order valence-corrected chi connectivity index (χ2v) is 9.83. The number of hydrogen-bond acceptors (Lipinski definition) is 8. The summed E-state index contributed by atoms with van der Waals surface area (Å²) in [5.41, 5.74) is 1.93. The van der Waals surface area contributed by atoms with Gasteiger partial charge in [0.25, 0.3) is 5.91 Å². The second-order valence-electron chi connectivity index (χ2n) is 8.83. The molecule has 1 aliphatic rings. The van der Waals surface area contributed by atoms with Gasteiger partial charge < -0.3 is 31.1 Å². The maximum absolute atomic E-state index is 13.4. The van der Waals surface area contributed by atoms with E-state index in [2.05, 4.69) is 20.9 Å². The van der Waals surface area contributed by atoms with Gasteiger partial charge in [0, 0.05) is 38.7 Å². The van der Waals surface area contributed by atoms with Crippen LogP contribution >= 0.6 is 11.3 Å². The van der Waals surface area contributed by atoms with Gasteiger partial charge in [-0.1, -0.05) is 23.5 Å². The third kappa shape index (κ3) is 8.56. The second kappa shape index (κ2) is 13.4. The van der Waals surface area contributed by atoms with Gasteiger partial charge in [-0.15, -0.1) is 0 Å². The Labute approximate surface area is 228 Å². The molecule has 0 bridgehead atoms.